The van der Waals surface area contributed by atoms with Crippen LogP contribution < -0.4 is 10.1 Å². The molecule has 7 nitrogen and oxygen atoms in total. The minimum absolute atomic E-state index is 0.0636. The summed E-state index contributed by atoms with van der Waals surface area (Å²) in [5.41, 5.74) is 1.08. The molecule has 30 heavy (non-hydrogen) atoms. The lowest BCUT2D eigenvalue weighted by Crippen LogP contribution is -2.51. The molecule has 0 atom stereocenters. The molecular formula is C22H24FN3O4. The normalized spacial score (nSPS) is 14.3. The highest BCUT2D eigenvalue weighted by molar-refractivity contribution is 5.94. The number of nitrogens with one attached hydrogen (secondary N) is 1. The van der Waals surface area contributed by atoms with Gasteiger partial charge in [0.2, 0.25) is 5.91 Å². The van der Waals surface area contributed by atoms with Crippen LogP contribution in [0.25, 0.3) is 0 Å². The van der Waals surface area contributed by atoms with Gasteiger partial charge in [-0.1, -0.05) is 12.1 Å². The van der Waals surface area contributed by atoms with Gasteiger partial charge in [0, 0.05) is 37.4 Å². The van der Waals surface area contributed by atoms with Gasteiger partial charge in [-0.2, -0.15) is 0 Å². The van der Waals surface area contributed by atoms with Gasteiger partial charge in [0.1, 0.15) is 11.6 Å². The van der Waals surface area contributed by atoms with Crippen LogP contribution in [-0.2, 0) is 9.59 Å². The summed E-state index contributed by atoms with van der Waals surface area (Å²) in [5.74, 6) is -0.267. The van der Waals surface area contributed by atoms with Gasteiger partial charge < -0.3 is 15.0 Å². The Morgan fingerprint density at radius 3 is 2.40 bits per heavy atom. The maximum Gasteiger partial charge on any atom is 0.260 e. The first-order valence-corrected chi connectivity index (χ1v) is 9.70. The second-order valence-electron chi connectivity index (χ2n) is 7.08. The number of amides is 2. The van der Waals surface area contributed by atoms with Crippen molar-refractivity contribution in [3.05, 3.63) is 59.9 Å². The molecule has 8 heteroatoms. The average molecular weight is 413 g/mol. The predicted molar refractivity (Wildman–Crippen MR) is 110 cm³/mol. The number of carbonyl (C=O) groups is 3. The Kier molecular flexibility index (Phi) is 7.13. The summed E-state index contributed by atoms with van der Waals surface area (Å²) in [6, 6.07) is 12.3. The number of piperazine rings is 1. The van der Waals surface area contributed by atoms with E-state index in [-0.39, 0.29) is 36.6 Å². The van der Waals surface area contributed by atoms with Crippen LogP contribution in [0.4, 0.5) is 10.1 Å². The van der Waals surface area contributed by atoms with Crippen LogP contribution in [0, 0.1) is 5.82 Å². The summed E-state index contributed by atoms with van der Waals surface area (Å²) >= 11 is 0. The second-order valence-corrected chi connectivity index (χ2v) is 7.08. The third kappa shape index (κ3) is 6.12. The number of ketones is 1. The van der Waals surface area contributed by atoms with E-state index < -0.39 is 0 Å². The number of nitrogens with zero attached hydrogens (tertiary/aromatic N) is 2. The van der Waals surface area contributed by atoms with Gasteiger partial charge >= 0.3 is 0 Å². The fourth-order valence-electron chi connectivity index (χ4n) is 3.13. The SMILES string of the molecule is CC(=O)c1cccc(OCC(=O)N2CCN(CC(=O)Nc3ccc(F)cc3)CC2)c1. The molecule has 1 aliphatic heterocycles. The van der Waals surface area contributed by atoms with E-state index >= 15 is 0 Å². The van der Waals surface area contributed by atoms with Crippen molar-refractivity contribution in [1.82, 2.24) is 9.80 Å². The van der Waals surface area contributed by atoms with Crippen LogP contribution in [0.3, 0.4) is 0 Å². The van der Waals surface area contributed by atoms with Gasteiger partial charge in [0.25, 0.3) is 5.91 Å². The summed E-state index contributed by atoms with van der Waals surface area (Å²) < 4.78 is 18.5. The van der Waals surface area contributed by atoms with Crippen LogP contribution in [0.5, 0.6) is 5.75 Å². The monoisotopic (exact) mass is 413 g/mol. The van der Waals surface area contributed by atoms with Crippen molar-refractivity contribution in [2.45, 2.75) is 6.92 Å². The standard InChI is InChI=1S/C22H24FN3O4/c1-16(27)17-3-2-4-20(13-17)30-15-22(29)26-11-9-25(10-12-26)14-21(28)24-19-7-5-18(23)6-8-19/h2-8,13H,9-12,14-15H2,1H3,(H,24,28). The lowest BCUT2D eigenvalue weighted by molar-refractivity contribution is -0.135. The molecule has 2 amide bonds. The number of rotatable bonds is 7. The molecule has 0 radical (unpaired) electrons. The molecule has 1 fully saturated rings. The molecule has 0 aromatic heterocycles. The van der Waals surface area contributed by atoms with Crippen LogP contribution in [0.15, 0.2) is 48.5 Å². The smallest absolute Gasteiger partial charge is 0.260 e. The van der Waals surface area contributed by atoms with Crippen molar-refractivity contribution in [3.8, 4) is 5.75 Å². The van der Waals surface area contributed by atoms with Crippen LogP contribution in [-0.4, -0.2) is 66.7 Å². The highest BCUT2D eigenvalue weighted by Gasteiger charge is 2.22. The number of carbonyl (C=O) groups excluding carboxylic acids is 3. The van der Waals surface area contributed by atoms with Crippen molar-refractivity contribution in [3.63, 3.8) is 0 Å². The zero-order valence-corrected chi connectivity index (χ0v) is 16.8. The summed E-state index contributed by atoms with van der Waals surface area (Å²) in [6.45, 7) is 3.72. The second kappa shape index (κ2) is 9.98. The van der Waals surface area contributed by atoms with Gasteiger partial charge in [-0.3, -0.25) is 19.3 Å². The van der Waals surface area contributed by atoms with E-state index in [4.69, 9.17) is 4.74 Å². The third-order valence-electron chi connectivity index (χ3n) is 4.82. The lowest BCUT2D eigenvalue weighted by Gasteiger charge is -2.34. The molecule has 158 valence electrons. The molecular weight excluding hydrogens is 389 g/mol. The molecule has 1 saturated heterocycles. The van der Waals surface area contributed by atoms with Crippen molar-refractivity contribution in [2.75, 3.05) is 44.6 Å². The van der Waals surface area contributed by atoms with Crippen molar-refractivity contribution >= 4 is 23.3 Å². The fraction of sp³-hybridized carbons (Fsp3) is 0.318. The molecule has 2 aromatic rings. The van der Waals surface area contributed by atoms with Gasteiger partial charge in [-0.25, -0.2) is 4.39 Å². The molecule has 3 rings (SSSR count). The van der Waals surface area contributed by atoms with Crippen molar-refractivity contribution in [2.24, 2.45) is 0 Å². The van der Waals surface area contributed by atoms with E-state index in [1.165, 1.54) is 31.2 Å². The van der Waals surface area contributed by atoms with E-state index in [1.54, 1.807) is 29.2 Å². The number of Topliss-reactive ketones (excluding diaryl/α,β-unsaturated/α-hetero) is 1. The molecule has 1 heterocycles. The minimum Gasteiger partial charge on any atom is -0.484 e. The quantitative estimate of drug-likeness (QED) is 0.704. The van der Waals surface area contributed by atoms with E-state index in [0.29, 0.717) is 43.2 Å². The van der Waals surface area contributed by atoms with Crippen LogP contribution in [0.2, 0.25) is 0 Å². The number of anilines is 1. The number of hydrogen-bond donors (Lipinski definition) is 1. The van der Waals surface area contributed by atoms with Crippen LogP contribution in [0.1, 0.15) is 17.3 Å². The summed E-state index contributed by atoms with van der Waals surface area (Å²) in [4.78, 5) is 39.6. The lowest BCUT2D eigenvalue weighted by atomic mass is 10.1. The maximum atomic E-state index is 12.9. The number of hydrogen-bond acceptors (Lipinski definition) is 5. The Morgan fingerprint density at radius 2 is 1.73 bits per heavy atom. The summed E-state index contributed by atoms with van der Waals surface area (Å²) in [5, 5.41) is 2.73. The van der Waals surface area contributed by atoms with Crippen molar-refractivity contribution in [1.29, 1.82) is 0 Å². The molecule has 0 bridgehead atoms. The molecule has 2 aromatic carbocycles. The topological polar surface area (TPSA) is 79.0 Å². The zero-order chi connectivity index (χ0) is 21.5. The first-order chi connectivity index (χ1) is 14.4. The number of benzene rings is 2. The first-order valence-electron chi connectivity index (χ1n) is 9.70. The largest absolute Gasteiger partial charge is 0.484 e. The third-order valence-corrected chi connectivity index (χ3v) is 4.82. The zero-order valence-electron chi connectivity index (χ0n) is 16.8. The molecule has 0 aliphatic carbocycles. The highest BCUT2D eigenvalue weighted by Crippen LogP contribution is 2.14. The first kappa shape index (κ1) is 21.4. The van der Waals surface area contributed by atoms with Gasteiger partial charge in [-0.05, 0) is 43.3 Å². The number of halogens is 1. The molecule has 0 unspecified atom stereocenters. The Labute approximate surface area is 174 Å². The summed E-state index contributed by atoms with van der Waals surface area (Å²) in [6.07, 6.45) is 0. The van der Waals surface area contributed by atoms with Gasteiger partial charge in [-0.15, -0.1) is 0 Å². The highest BCUT2D eigenvalue weighted by atomic mass is 19.1. The van der Waals surface area contributed by atoms with E-state index in [2.05, 4.69) is 5.32 Å². The Balaban J connectivity index is 1.40. The molecule has 1 aliphatic rings. The molecule has 1 N–H and O–H groups in total. The van der Waals surface area contributed by atoms with Crippen molar-refractivity contribution < 1.29 is 23.5 Å². The average Bonchev–Trinajstić information content (AvgIpc) is 2.74. The minimum atomic E-state index is -0.357. The van der Waals surface area contributed by atoms with Crippen LogP contribution >= 0.6 is 0 Å². The maximum absolute atomic E-state index is 12.9. The van der Waals surface area contributed by atoms with Gasteiger partial charge in [0.15, 0.2) is 12.4 Å². The molecule has 0 saturated carbocycles. The Bertz CT molecular complexity index is 909. The van der Waals surface area contributed by atoms with E-state index in [1.807, 2.05) is 4.90 Å². The van der Waals surface area contributed by atoms with Gasteiger partial charge in [0.05, 0.1) is 6.54 Å². The Morgan fingerprint density at radius 1 is 1.03 bits per heavy atom. The van der Waals surface area contributed by atoms with E-state index in [9.17, 15) is 18.8 Å². The predicted octanol–water partition coefficient (Wildman–Crippen LogP) is 2.19. The number of ether oxygens (including phenoxy) is 1. The molecule has 0 spiro atoms. The van der Waals surface area contributed by atoms with E-state index in [0.717, 1.165) is 0 Å². The fourth-order valence-corrected chi connectivity index (χ4v) is 3.13. The summed E-state index contributed by atoms with van der Waals surface area (Å²) in [7, 11) is 0. The Hall–Kier alpha value is -3.26.